The standard InChI is InChI=1S/C33H35F2N5O4/c1-19(27-14-25(44-26-15-36-16-26)9-6-21(27)5-4-20-2-3-20)38-33(43)30-13-24(35)18-40(30)31(41)17-37-32(42)29-10-7-22-12-23(34)8-11-28(22)39-29/h4-12,14,19-20,24,26,30,36H,2-3,13,15-18H2,1H3,(H,37,42)(H,38,43)/b5-4+/t19-,24?,30?/m1/s1. The Morgan fingerprint density at radius 3 is 2.70 bits per heavy atom. The molecule has 44 heavy (non-hydrogen) atoms. The van der Waals surface area contributed by atoms with Crippen molar-refractivity contribution in [2.45, 2.75) is 50.5 Å². The van der Waals surface area contributed by atoms with E-state index in [1.54, 1.807) is 6.07 Å². The molecule has 3 aliphatic rings. The summed E-state index contributed by atoms with van der Waals surface area (Å²) >= 11 is 0. The molecule has 3 heterocycles. The number of halogens is 2. The third-order valence-corrected chi connectivity index (χ3v) is 8.26. The number of carbonyl (C=O) groups excluding carboxylic acids is 3. The number of amides is 3. The molecule has 0 bridgehead atoms. The van der Waals surface area contributed by atoms with E-state index in [9.17, 15) is 23.2 Å². The molecule has 1 aliphatic carbocycles. The second-order valence-corrected chi connectivity index (χ2v) is 11.7. The highest BCUT2D eigenvalue weighted by molar-refractivity contribution is 5.97. The van der Waals surface area contributed by atoms with E-state index in [4.69, 9.17) is 4.74 Å². The van der Waals surface area contributed by atoms with Gasteiger partial charge in [-0.15, -0.1) is 0 Å². The second kappa shape index (κ2) is 12.7. The monoisotopic (exact) mass is 603 g/mol. The third kappa shape index (κ3) is 6.88. The van der Waals surface area contributed by atoms with Gasteiger partial charge in [-0.25, -0.2) is 13.8 Å². The zero-order valence-electron chi connectivity index (χ0n) is 24.4. The van der Waals surface area contributed by atoms with E-state index < -0.39 is 48.3 Å². The molecule has 2 saturated heterocycles. The van der Waals surface area contributed by atoms with E-state index in [1.807, 2.05) is 25.1 Å². The molecule has 1 saturated carbocycles. The van der Waals surface area contributed by atoms with Crippen LogP contribution in [-0.2, 0) is 9.59 Å². The lowest BCUT2D eigenvalue weighted by atomic mass is 9.99. The summed E-state index contributed by atoms with van der Waals surface area (Å²) in [5, 5.41) is 9.21. The highest BCUT2D eigenvalue weighted by Gasteiger charge is 2.40. The van der Waals surface area contributed by atoms with Crippen LogP contribution in [0, 0.1) is 11.7 Å². The predicted octanol–water partition coefficient (Wildman–Crippen LogP) is 3.69. The van der Waals surface area contributed by atoms with Crippen molar-refractivity contribution in [1.82, 2.24) is 25.8 Å². The van der Waals surface area contributed by atoms with Crippen LogP contribution in [0.5, 0.6) is 5.75 Å². The first-order chi connectivity index (χ1) is 21.2. The zero-order chi connectivity index (χ0) is 30.8. The summed E-state index contributed by atoms with van der Waals surface area (Å²) in [6.07, 6.45) is 5.19. The Morgan fingerprint density at radius 2 is 1.95 bits per heavy atom. The van der Waals surface area contributed by atoms with Gasteiger partial charge in [-0.3, -0.25) is 14.4 Å². The van der Waals surface area contributed by atoms with Gasteiger partial charge in [0.2, 0.25) is 11.8 Å². The van der Waals surface area contributed by atoms with Gasteiger partial charge in [0.25, 0.3) is 5.91 Å². The number of fused-ring (bicyclic) bond motifs is 1. The SMILES string of the molecule is C[C@@H](NC(=O)C1CC(F)CN1C(=O)CNC(=O)c1ccc2cc(F)ccc2n1)c1cc(OC2CNC2)ccc1/C=C/C1CC1. The molecule has 3 aromatic rings. The second-order valence-electron chi connectivity index (χ2n) is 11.7. The van der Waals surface area contributed by atoms with Crippen molar-refractivity contribution >= 4 is 34.7 Å². The van der Waals surface area contributed by atoms with Crippen LogP contribution in [0.1, 0.15) is 53.8 Å². The van der Waals surface area contributed by atoms with Crippen molar-refractivity contribution in [3.63, 3.8) is 0 Å². The van der Waals surface area contributed by atoms with Crippen molar-refractivity contribution < 1.29 is 27.9 Å². The van der Waals surface area contributed by atoms with E-state index >= 15 is 0 Å². The number of nitrogens with one attached hydrogen (secondary N) is 3. The highest BCUT2D eigenvalue weighted by Crippen LogP contribution is 2.33. The van der Waals surface area contributed by atoms with Crippen LogP contribution < -0.4 is 20.7 Å². The lowest BCUT2D eigenvalue weighted by Crippen LogP contribution is -2.50. The summed E-state index contributed by atoms with van der Waals surface area (Å²) in [6.45, 7) is 2.74. The van der Waals surface area contributed by atoms with Gasteiger partial charge in [0.1, 0.15) is 35.6 Å². The number of hydrogen-bond acceptors (Lipinski definition) is 6. The summed E-state index contributed by atoms with van der Waals surface area (Å²) < 4.78 is 34.1. The third-order valence-electron chi connectivity index (χ3n) is 8.26. The number of pyridine rings is 1. The maximum absolute atomic E-state index is 14.6. The number of nitrogens with zero attached hydrogens (tertiary/aromatic N) is 2. The molecule has 9 nitrogen and oxygen atoms in total. The number of alkyl halides is 1. The van der Waals surface area contributed by atoms with Gasteiger partial charge in [0, 0.05) is 24.9 Å². The van der Waals surface area contributed by atoms with Crippen LogP contribution in [0.4, 0.5) is 8.78 Å². The molecule has 3 fully saturated rings. The van der Waals surface area contributed by atoms with Crippen LogP contribution in [0.3, 0.4) is 0 Å². The molecule has 3 atom stereocenters. The minimum atomic E-state index is -1.37. The molecule has 1 aromatic heterocycles. The highest BCUT2D eigenvalue weighted by atomic mass is 19.1. The molecule has 6 rings (SSSR count). The lowest BCUT2D eigenvalue weighted by molar-refractivity contribution is -0.138. The summed E-state index contributed by atoms with van der Waals surface area (Å²) in [7, 11) is 0. The number of likely N-dealkylation sites (tertiary alicyclic amines) is 1. The van der Waals surface area contributed by atoms with Crippen molar-refractivity contribution in [2.24, 2.45) is 5.92 Å². The molecular weight excluding hydrogens is 568 g/mol. The number of hydrogen-bond donors (Lipinski definition) is 3. The smallest absolute Gasteiger partial charge is 0.270 e. The number of carbonyl (C=O) groups is 3. The lowest BCUT2D eigenvalue weighted by Gasteiger charge is -2.29. The molecule has 11 heteroatoms. The molecule has 2 aromatic carbocycles. The number of allylic oxidation sites excluding steroid dienone is 1. The Balaban J connectivity index is 1.10. The molecule has 2 aliphatic heterocycles. The molecular formula is C33H35F2N5O4. The van der Waals surface area contributed by atoms with Crippen molar-refractivity contribution in [1.29, 1.82) is 0 Å². The van der Waals surface area contributed by atoms with E-state index in [2.05, 4.69) is 33.1 Å². The number of ether oxygens (including phenoxy) is 1. The maximum atomic E-state index is 14.6. The summed E-state index contributed by atoms with van der Waals surface area (Å²) in [5.41, 5.74) is 2.31. The van der Waals surface area contributed by atoms with Crippen molar-refractivity contribution in [2.75, 3.05) is 26.2 Å². The zero-order valence-corrected chi connectivity index (χ0v) is 24.4. The van der Waals surface area contributed by atoms with E-state index in [0.29, 0.717) is 22.6 Å². The molecule has 3 amide bonds. The minimum absolute atomic E-state index is 0.0520. The van der Waals surface area contributed by atoms with E-state index in [0.717, 1.165) is 24.2 Å². The first-order valence-corrected chi connectivity index (χ1v) is 15.0. The quantitative estimate of drug-likeness (QED) is 0.326. The van der Waals surface area contributed by atoms with Gasteiger partial charge in [-0.2, -0.15) is 0 Å². The molecule has 3 N–H and O–H groups in total. The van der Waals surface area contributed by atoms with E-state index in [1.165, 1.54) is 42.0 Å². The van der Waals surface area contributed by atoms with Crippen LogP contribution in [0.15, 0.2) is 54.6 Å². The summed E-state index contributed by atoms with van der Waals surface area (Å²) in [4.78, 5) is 44.7. The fourth-order valence-corrected chi connectivity index (χ4v) is 5.49. The average molecular weight is 604 g/mol. The number of rotatable bonds is 10. The van der Waals surface area contributed by atoms with Gasteiger partial charge in [-0.05, 0) is 73.2 Å². The first kappa shape index (κ1) is 29.7. The van der Waals surface area contributed by atoms with Gasteiger partial charge in [0.15, 0.2) is 0 Å². The minimum Gasteiger partial charge on any atom is -0.488 e. The van der Waals surface area contributed by atoms with Crippen molar-refractivity contribution in [3.05, 3.63) is 77.2 Å². The van der Waals surface area contributed by atoms with Crippen LogP contribution in [0.25, 0.3) is 17.0 Å². The maximum Gasteiger partial charge on any atom is 0.270 e. The topological polar surface area (TPSA) is 113 Å². The van der Waals surface area contributed by atoms with Crippen molar-refractivity contribution in [3.8, 4) is 5.75 Å². The molecule has 0 radical (unpaired) electrons. The fraction of sp³-hybridized carbons (Fsp3) is 0.394. The Labute approximate surface area is 254 Å². The van der Waals surface area contributed by atoms with Crippen LogP contribution in [0.2, 0.25) is 0 Å². The van der Waals surface area contributed by atoms with Gasteiger partial charge >= 0.3 is 0 Å². The first-order valence-electron chi connectivity index (χ1n) is 15.0. The van der Waals surface area contributed by atoms with Crippen LogP contribution in [-0.4, -0.2) is 72.1 Å². The predicted molar refractivity (Wildman–Crippen MR) is 161 cm³/mol. The summed E-state index contributed by atoms with van der Waals surface area (Å²) in [6, 6.07) is 11.4. The average Bonchev–Trinajstić information content (AvgIpc) is 3.74. The molecule has 230 valence electrons. The number of aromatic nitrogens is 1. The Kier molecular flexibility index (Phi) is 8.56. The Bertz CT molecular complexity index is 1610. The molecule has 2 unspecified atom stereocenters. The van der Waals surface area contributed by atoms with Gasteiger partial charge < -0.3 is 25.6 Å². The molecule has 0 spiro atoms. The normalized spacial score (nSPS) is 20.8. The van der Waals surface area contributed by atoms with E-state index in [-0.39, 0.29) is 24.8 Å². The fourth-order valence-electron chi connectivity index (χ4n) is 5.49. The van der Waals surface area contributed by atoms with Gasteiger partial charge in [0.05, 0.1) is 24.6 Å². The van der Waals surface area contributed by atoms with Gasteiger partial charge in [-0.1, -0.05) is 24.3 Å². The number of benzene rings is 2. The Morgan fingerprint density at radius 1 is 1.14 bits per heavy atom. The summed E-state index contributed by atoms with van der Waals surface area (Å²) in [5.74, 6) is -0.782. The Hall–Kier alpha value is -4.38. The largest absolute Gasteiger partial charge is 0.488 e. The van der Waals surface area contributed by atoms with Crippen LogP contribution >= 0.6 is 0 Å².